The van der Waals surface area contributed by atoms with Crippen LogP contribution in [0.1, 0.15) is 38.3 Å². The Morgan fingerprint density at radius 1 is 1.15 bits per heavy atom. The minimum Gasteiger partial charge on any atom is -0.496 e. The minimum absolute atomic E-state index is 0.00213. The molecule has 1 N–H and O–H groups in total. The van der Waals surface area contributed by atoms with Crippen LogP contribution in [0.4, 0.5) is 11.6 Å². The number of hydrogen-bond donors (Lipinski definition) is 1. The van der Waals surface area contributed by atoms with Gasteiger partial charge in [-0.15, -0.1) is 5.10 Å². The largest absolute Gasteiger partial charge is 0.496 e. The van der Waals surface area contributed by atoms with Crippen molar-refractivity contribution < 1.29 is 14.5 Å². The van der Waals surface area contributed by atoms with Crippen LogP contribution in [0.25, 0.3) is 11.4 Å². The molecule has 33 heavy (non-hydrogen) atoms. The zero-order valence-corrected chi connectivity index (χ0v) is 18.5. The molecular weight excluding hydrogens is 422 g/mol. The van der Waals surface area contributed by atoms with Crippen molar-refractivity contribution in [3.63, 3.8) is 0 Å². The molecule has 1 unspecified atom stereocenters. The quantitative estimate of drug-likeness (QED) is 0.464. The summed E-state index contributed by atoms with van der Waals surface area (Å²) in [5.74, 6) is 1.66. The van der Waals surface area contributed by atoms with E-state index in [1.165, 1.54) is 12.1 Å². The van der Waals surface area contributed by atoms with Gasteiger partial charge < -0.3 is 10.1 Å². The summed E-state index contributed by atoms with van der Waals surface area (Å²) in [4.78, 5) is 28.6. The number of para-hydroxylation sites is 1. The van der Waals surface area contributed by atoms with Crippen LogP contribution in [0.3, 0.4) is 0 Å². The summed E-state index contributed by atoms with van der Waals surface area (Å²) >= 11 is 0. The molecule has 3 aromatic rings. The number of Topliss-reactive ketones (excluding diaryl/α,β-unsaturated/α-hetero) is 1. The number of carbonyl (C=O) groups is 1. The van der Waals surface area contributed by atoms with Crippen LogP contribution in [0.2, 0.25) is 0 Å². The lowest BCUT2D eigenvalue weighted by Crippen LogP contribution is -2.36. The van der Waals surface area contributed by atoms with Crippen molar-refractivity contribution in [2.24, 2.45) is 5.41 Å². The van der Waals surface area contributed by atoms with E-state index < -0.39 is 11.0 Å². The van der Waals surface area contributed by atoms with E-state index in [2.05, 4.69) is 24.1 Å². The van der Waals surface area contributed by atoms with E-state index in [0.717, 1.165) is 11.3 Å². The van der Waals surface area contributed by atoms with E-state index in [1.54, 1.807) is 23.9 Å². The molecule has 1 aliphatic heterocycles. The van der Waals surface area contributed by atoms with Gasteiger partial charge in [0.1, 0.15) is 11.8 Å². The number of methoxy groups -OCH3 is 1. The third-order valence-electron chi connectivity index (χ3n) is 6.10. The maximum atomic E-state index is 13.4. The molecule has 0 amide bonds. The predicted octanol–water partition coefficient (Wildman–Crippen LogP) is 4.52. The minimum atomic E-state index is -0.490. The fourth-order valence-corrected chi connectivity index (χ4v) is 4.64. The summed E-state index contributed by atoms with van der Waals surface area (Å²) in [5.41, 5.74) is 2.82. The number of hydrogen-bond acceptors (Lipinski definition) is 7. The maximum absolute atomic E-state index is 13.4. The number of fused-ring (bicyclic) bond motifs is 1. The standard InChI is InChI=1S/C24H23N5O4/c1-24(2)12-17-20(18(30)13-24)21(16-6-4-5-7-19(16)33-3)28-23(25-17)26-22(27-28)14-8-10-15(11-9-14)29(31)32/h4-11,21H,12-13H2,1-3H3,(H,25,26,27). The number of carbonyl (C=O) groups excluding carboxylic acids is 1. The molecule has 168 valence electrons. The molecule has 1 aliphatic carbocycles. The van der Waals surface area contributed by atoms with Crippen LogP contribution in [-0.4, -0.2) is 32.6 Å². The number of anilines is 1. The van der Waals surface area contributed by atoms with Crippen molar-refractivity contribution in [3.05, 3.63) is 75.5 Å². The fourth-order valence-electron chi connectivity index (χ4n) is 4.64. The molecule has 0 saturated heterocycles. The summed E-state index contributed by atoms with van der Waals surface area (Å²) in [6, 6.07) is 13.2. The molecule has 2 aliphatic rings. The van der Waals surface area contributed by atoms with E-state index in [4.69, 9.17) is 9.84 Å². The van der Waals surface area contributed by atoms with Crippen molar-refractivity contribution in [3.8, 4) is 17.1 Å². The van der Waals surface area contributed by atoms with Gasteiger partial charge in [0.25, 0.3) is 5.69 Å². The number of ketones is 1. The van der Waals surface area contributed by atoms with Gasteiger partial charge in [0, 0.05) is 41.0 Å². The molecule has 0 radical (unpaired) electrons. The monoisotopic (exact) mass is 445 g/mol. The molecular formula is C24H23N5O4. The number of nitro groups is 1. The fraction of sp³-hybridized carbons (Fsp3) is 0.292. The Hall–Kier alpha value is -4.01. The SMILES string of the molecule is COc1ccccc1C1C2=C(CC(C)(C)CC2=O)Nc2nc(-c3ccc([N+](=O)[O-])cc3)nn21. The van der Waals surface area contributed by atoms with Crippen LogP contribution in [0.5, 0.6) is 5.75 Å². The van der Waals surface area contributed by atoms with Gasteiger partial charge >= 0.3 is 0 Å². The first-order chi connectivity index (χ1) is 15.8. The summed E-state index contributed by atoms with van der Waals surface area (Å²) in [6.07, 6.45) is 1.15. The lowest BCUT2D eigenvalue weighted by Gasteiger charge is -2.38. The number of nitro benzene ring substituents is 1. The Bertz CT molecular complexity index is 1310. The van der Waals surface area contributed by atoms with Gasteiger partial charge in [-0.1, -0.05) is 32.0 Å². The van der Waals surface area contributed by atoms with Crippen LogP contribution in [0.15, 0.2) is 59.8 Å². The van der Waals surface area contributed by atoms with Crippen molar-refractivity contribution in [1.82, 2.24) is 14.8 Å². The highest BCUT2D eigenvalue weighted by atomic mass is 16.6. The Kier molecular flexibility index (Phi) is 4.77. The van der Waals surface area contributed by atoms with E-state index in [0.29, 0.717) is 41.5 Å². The Morgan fingerprint density at radius 2 is 1.88 bits per heavy atom. The van der Waals surface area contributed by atoms with Crippen LogP contribution in [0, 0.1) is 15.5 Å². The predicted molar refractivity (Wildman–Crippen MR) is 122 cm³/mol. The number of benzene rings is 2. The smallest absolute Gasteiger partial charge is 0.269 e. The molecule has 2 heterocycles. The molecule has 9 heteroatoms. The van der Waals surface area contributed by atoms with Gasteiger partial charge in [-0.2, -0.15) is 4.98 Å². The van der Waals surface area contributed by atoms with Gasteiger partial charge in [-0.25, -0.2) is 4.68 Å². The number of non-ortho nitro benzene ring substituents is 1. The average Bonchev–Trinajstić information content (AvgIpc) is 3.20. The third kappa shape index (κ3) is 3.55. The number of allylic oxidation sites excluding steroid dienone is 2. The molecule has 2 aromatic carbocycles. The Morgan fingerprint density at radius 3 is 2.58 bits per heavy atom. The maximum Gasteiger partial charge on any atom is 0.269 e. The molecule has 5 rings (SSSR count). The van der Waals surface area contributed by atoms with Crippen LogP contribution >= 0.6 is 0 Å². The highest BCUT2D eigenvalue weighted by Crippen LogP contribution is 2.47. The van der Waals surface area contributed by atoms with E-state index in [-0.39, 0.29) is 16.9 Å². The molecule has 0 saturated carbocycles. The summed E-state index contributed by atoms with van der Waals surface area (Å²) in [7, 11) is 1.60. The summed E-state index contributed by atoms with van der Waals surface area (Å²) in [5, 5.41) is 19.1. The average molecular weight is 445 g/mol. The van der Waals surface area contributed by atoms with Crippen LogP contribution < -0.4 is 10.1 Å². The lowest BCUT2D eigenvalue weighted by molar-refractivity contribution is -0.384. The number of aromatic nitrogens is 3. The van der Waals surface area contributed by atoms with Gasteiger partial charge in [0.15, 0.2) is 11.6 Å². The van der Waals surface area contributed by atoms with E-state index >= 15 is 0 Å². The summed E-state index contributed by atoms with van der Waals surface area (Å²) in [6.45, 7) is 4.16. The zero-order chi connectivity index (χ0) is 23.3. The van der Waals surface area contributed by atoms with Crippen molar-refractivity contribution in [1.29, 1.82) is 0 Å². The number of rotatable bonds is 4. The van der Waals surface area contributed by atoms with Crippen molar-refractivity contribution in [2.45, 2.75) is 32.7 Å². The van der Waals surface area contributed by atoms with Gasteiger partial charge in [0.2, 0.25) is 5.95 Å². The van der Waals surface area contributed by atoms with E-state index in [9.17, 15) is 14.9 Å². The normalized spacial score (nSPS) is 18.9. The zero-order valence-electron chi connectivity index (χ0n) is 18.5. The first-order valence-electron chi connectivity index (χ1n) is 10.6. The van der Waals surface area contributed by atoms with Crippen molar-refractivity contribution >= 4 is 17.4 Å². The van der Waals surface area contributed by atoms with Gasteiger partial charge in [-0.3, -0.25) is 14.9 Å². The molecule has 1 atom stereocenters. The Balaban J connectivity index is 1.67. The second kappa shape index (κ2) is 7.54. The second-order valence-corrected chi connectivity index (χ2v) is 9.11. The molecule has 0 fully saturated rings. The van der Waals surface area contributed by atoms with Gasteiger partial charge in [0.05, 0.1) is 12.0 Å². The molecule has 1 aromatic heterocycles. The lowest BCUT2D eigenvalue weighted by atomic mass is 9.73. The molecule has 0 bridgehead atoms. The first-order valence-corrected chi connectivity index (χ1v) is 10.6. The first kappa shape index (κ1) is 20.9. The second-order valence-electron chi connectivity index (χ2n) is 9.11. The van der Waals surface area contributed by atoms with Crippen LogP contribution in [-0.2, 0) is 4.79 Å². The molecule has 0 spiro atoms. The summed E-state index contributed by atoms with van der Waals surface area (Å²) < 4.78 is 7.33. The molecule has 9 nitrogen and oxygen atoms in total. The van der Waals surface area contributed by atoms with Crippen molar-refractivity contribution in [2.75, 3.05) is 12.4 Å². The van der Waals surface area contributed by atoms with E-state index in [1.807, 2.05) is 24.3 Å². The number of nitrogens with one attached hydrogen (secondary N) is 1. The van der Waals surface area contributed by atoms with Gasteiger partial charge in [-0.05, 0) is 30.0 Å². The highest BCUT2D eigenvalue weighted by molar-refractivity contribution is 6.00. The Labute approximate surface area is 190 Å². The topological polar surface area (TPSA) is 112 Å². The highest BCUT2D eigenvalue weighted by Gasteiger charge is 2.42. The third-order valence-corrected chi connectivity index (χ3v) is 6.10. The number of nitrogens with zero attached hydrogens (tertiary/aromatic N) is 4. The number of ether oxygens (including phenoxy) is 1.